The van der Waals surface area contributed by atoms with Gasteiger partial charge in [0.1, 0.15) is 5.82 Å². The van der Waals surface area contributed by atoms with Crippen LogP contribution in [0.2, 0.25) is 0 Å². The van der Waals surface area contributed by atoms with Crippen LogP contribution in [-0.2, 0) is 11.3 Å². The third-order valence-electron chi connectivity index (χ3n) is 4.31. The Bertz CT molecular complexity index is 753. The van der Waals surface area contributed by atoms with Crippen LogP contribution in [0.3, 0.4) is 0 Å². The minimum Gasteiger partial charge on any atom is -0.338 e. The molecule has 1 aliphatic heterocycles. The van der Waals surface area contributed by atoms with Gasteiger partial charge in [-0.15, -0.1) is 0 Å². The van der Waals surface area contributed by atoms with Crippen LogP contribution in [0.5, 0.6) is 0 Å². The van der Waals surface area contributed by atoms with Gasteiger partial charge in [0.2, 0.25) is 5.91 Å². The molecule has 0 saturated carbocycles. The van der Waals surface area contributed by atoms with Crippen LogP contribution < -0.4 is 0 Å². The maximum absolute atomic E-state index is 13.9. The summed E-state index contributed by atoms with van der Waals surface area (Å²) in [5, 5.41) is 6.92. The topological polar surface area (TPSA) is 49.0 Å². The molecule has 1 amide bonds. The van der Waals surface area contributed by atoms with Crippen LogP contribution in [0.1, 0.15) is 34.9 Å². The molecule has 1 saturated heterocycles. The van der Waals surface area contributed by atoms with Gasteiger partial charge in [-0.2, -0.15) is 5.10 Å². The molecule has 1 aromatic carbocycles. The monoisotopic (exact) mass is 323 g/mol. The first-order chi connectivity index (χ1) is 10.9. The van der Waals surface area contributed by atoms with Gasteiger partial charge in [-0.25, -0.2) is 13.2 Å². The number of H-pyrrole nitrogens is 1. The van der Waals surface area contributed by atoms with Crippen molar-refractivity contribution in [2.24, 2.45) is 0 Å². The first-order valence-corrected chi connectivity index (χ1v) is 7.29. The van der Waals surface area contributed by atoms with Crippen LogP contribution in [0.15, 0.2) is 12.1 Å². The van der Waals surface area contributed by atoms with E-state index in [4.69, 9.17) is 0 Å². The SMILES string of the molecule is Cc1n[nH]c(C)c1CN1CC(c2cc(F)cc(F)c2F)CC1=O. The lowest BCUT2D eigenvalue weighted by molar-refractivity contribution is -0.128. The molecule has 1 aliphatic rings. The zero-order valence-corrected chi connectivity index (χ0v) is 12.8. The summed E-state index contributed by atoms with van der Waals surface area (Å²) in [6.07, 6.45) is 0.0375. The van der Waals surface area contributed by atoms with Crippen LogP contribution in [-0.4, -0.2) is 27.5 Å². The van der Waals surface area contributed by atoms with Crippen molar-refractivity contribution < 1.29 is 18.0 Å². The van der Waals surface area contributed by atoms with Crippen molar-refractivity contribution in [1.29, 1.82) is 0 Å². The second kappa shape index (κ2) is 5.72. The van der Waals surface area contributed by atoms with Crippen LogP contribution in [0, 0.1) is 31.3 Å². The second-order valence-corrected chi connectivity index (χ2v) is 5.88. The maximum Gasteiger partial charge on any atom is 0.223 e. The molecule has 2 heterocycles. The van der Waals surface area contributed by atoms with E-state index in [1.807, 2.05) is 13.8 Å². The molecule has 1 unspecified atom stereocenters. The minimum atomic E-state index is -1.23. The van der Waals surface area contributed by atoms with Crippen LogP contribution >= 0.6 is 0 Å². The fraction of sp³-hybridized carbons (Fsp3) is 0.375. The lowest BCUT2D eigenvalue weighted by Gasteiger charge is -2.17. The van der Waals surface area contributed by atoms with Gasteiger partial charge in [-0.3, -0.25) is 9.89 Å². The number of hydrogen-bond acceptors (Lipinski definition) is 2. The Morgan fingerprint density at radius 1 is 1.30 bits per heavy atom. The highest BCUT2D eigenvalue weighted by atomic mass is 19.2. The molecule has 1 atom stereocenters. The lowest BCUT2D eigenvalue weighted by atomic mass is 9.97. The van der Waals surface area contributed by atoms with Crippen molar-refractivity contribution >= 4 is 5.91 Å². The summed E-state index contributed by atoms with van der Waals surface area (Å²) in [7, 11) is 0. The number of nitrogens with one attached hydrogen (secondary N) is 1. The Labute approximate surface area is 131 Å². The molecule has 4 nitrogen and oxygen atoms in total. The van der Waals surface area contributed by atoms with Crippen molar-refractivity contribution in [3.8, 4) is 0 Å². The Balaban J connectivity index is 1.83. The zero-order chi connectivity index (χ0) is 16.7. The number of carbonyl (C=O) groups is 1. The Hall–Kier alpha value is -2.31. The summed E-state index contributed by atoms with van der Waals surface area (Å²) in [5.74, 6) is -3.88. The molecule has 3 rings (SSSR count). The Kier molecular flexibility index (Phi) is 3.87. The molecule has 0 spiro atoms. The average molecular weight is 323 g/mol. The highest BCUT2D eigenvalue weighted by Crippen LogP contribution is 2.32. The average Bonchev–Trinajstić information content (AvgIpc) is 3.00. The van der Waals surface area contributed by atoms with Crippen molar-refractivity contribution in [2.45, 2.75) is 32.7 Å². The summed E-state index contributed by atoms with van der Waals surface area (Å²) in [6, 6.07) is 1.47. The molecule has 0 radical (unpaired) electrons. The quantitative estimate of drug-likeness (QED) is 0.883. The number of amides is 1. The van der Waals surface area contributed by atoms with Gasteiger partial charge in [0.25, 0.3) is 0 Å². The van der Waals surface area contributed by atoms with E-state index in [-0.39, 0.29) is 24.4 Å². The number of likely N-dealkylation sites (tertiary alicyclic amines) is 1. The highest BCUT2D eigenvalue weighted by molar-refractivity contribution is 5.79. The largest absolute Gasteiger partial charge is 0.338 e. The van der Waals surface area contributed by atoms with E-state index in [0.29, 0.717) is 12.6 Å². The van der Waals surface area contributed by atoms with Gasteiger partial charge >= 0.3 is 0 Å². The number of nitrogens with zero attached hydrogens (tertiary/aromatic N) is 2. The molecule has 0 aliphatic carbocycles. The number of halogens is 3. The van der Waals surface area contributed by atoms with Crippen molar-refractivity contribution in [3.63, 3.8) is 0 Å². The van der Waals surface area contributed by atoms with Crippen molar-refractivity contribution in [1.82, 2.24) is 15.1 Å². The Morgan fingerprint density at radius 3 is 2.70 bits per heavy atom. The molecule has 7 heteroatoms. The zero-order valence-electron chi connectivity index (χ0n) is 12.8. The summed E-state index contributed by atoms with van der Waals surface area (Å²) in [5.41, 5.74) is 2.48. The van der Waals surface area contributed by atoms with E-state index < -0.39 is 23.4 Å². The first-order valence-electron chi connectivity index (χ1n) is 7.29. The highest BCUT2D eigenvalue weighted by Gasteiger charge is 2.33. The van der Waals surface area contributed by atoms with E-state index in [2.05, 4.69) is 10.2 Å². The molecular formula is C16H16F3N3O. The van der Waals surface area contributed by atoms with Gasteiger partial charge in [0.05, 0.1) is 5.69 Å². The molecule has 122 valence electrons. The molecule has 1 fully saturated rings. The second-order valence-electron chi connectivity index (χ2n) is 5.88. The number of aromatic nitrogens is 2. The fourth-order valence-electron chi connectivity index (χ4n) is 3.00. The summed E-state index contributed by atoms with van der Waals surface area (Å²) >= 11 is 0. The van der Waals surface area contributed by atoms with Gasteiger partial charge in [0.15, 0.2) is 11.6 Å². The number of aromatic amines is 1. The van der Waals surface area contributed by atoms with E-state index in [1.165, 1.54) is 0 Å². The van der Waals surface area contributed by atoms with Gasteiger partial charge < -0.3 is 4.90 Å². The number of aryl methyl sites for hydroxylation is 2. The number of rotatable bonds is 3. The van der Waals surface area contributed by atoms with E-state index in [0.717, 1.165) is 23.0 Å². The van der Waals surface area contributed by atoms with Gasteiger partial charge in [-0.1, -0.05) is 0 Å². The number of carbonyl (C=O) groups excluding carboxylic acids is 1. The van der Waals surface area contributed by atoms with E-state index in [9.17, 15) is 18.0 Å². The maximum atomic E-state index is 13.9. The number of benzene rings is 1. The summed E-state index contributed by atoms with van der Waals surface area (Å²) in [6.45, 7) is 4.26. The first kappa shape index (κ1) is 15.6. The van der Waals surface area contributed by atoms with Crippen LogP contribution in [0.4, 0.5) is 13.2 Å². The Morgan fingerprint density at radius 2 is 2.04 bits per heavy atom. The molecule has 2 aromatic rings. The van der Waals surface area contributed by atoms with Crippen molar-refractivity contribution in [2.75, 3.05) is 6.54 Å². The van der Waals surface area contributed by atoms with E-state index in [1.54, 1.807) is 4.90 Å². The molecule has 23 heavy (non-hydrogen) atoms. The number of hydrogen-bond donors (Lipinski definition) is 1. The normalized spacial score (nSPS) is 18.0. The predicted molar refractivity (Wildman–Crippen MR) is 77.2 cm³/mol. The predicted octanol–water partition coefficient (Wildman–Crippen LogP) is 2.96. The smallest absolute Gasteiger partial charge is 0.223 e. The molecule has 1 aromatic heterocycles. The fourth-order valence-corrected chi connectivity index (χ4v) is 3.00. The third-order valence-corrected chi connectivity index (χ3v) is 4.31. The lowest BCUT2D eigenvalue weighted by Crippen LogP contribution is -2.25. The summed E-state index contributed by atoms with van der Waals surface area (Å²) in [4.78, 5) is 13.7. The van der Waals surface area contributed by atoms with Gasteiger partial charge in [0, 0.05) is 42.8 Å². The standard InChI is InChI=1S/C16H16F3N3O/c1-8-13(9(2)21-20-8)7-22-6-10(3-15(22)23)12-4-11(17)5-14(18)16(12)19/h4-5,10H,3,6-7H2,1-2H3,(H,20,21). The van der Waals surface area contributed by atoms with E-state index >= 15 is 0 Å². The van der Waals surface area contributed by atoms with Crippen molar-refractivity contribution in [3.05, 3.63) is 52.1 Å². The minimum absolute atomic E-state index is 0.0375. The summed E-state index contributed by atoms with van der Waals surface area (Å²) < 4.78 is 40.6. The third kappa shape index (κ3) is 2.83. The van der Waals surface area contributed by atoms with Crippen LogP contribution in [0.25, 0.3) is 0 Å². The molecular weight excluding hydrogens is 307 g/mol. The molecule has 1 N–H and O–H groups in total. The molecule has 0 bridgehead atoms. The van der Waals surface area contributed by atoms with Gasteiger partial charge in [-0.05, 0) is 25.5 Å².